The third-order valence-corrected chi connectivity index (χ3v) is 2.13. The van der Waals surface area contributed by atoms with Crippen molar-refractivity contribution in [3.05, 3.63) is 0 Å². The van der Waals surface area contributed by atoms with E-state index in [2.05, 4.69) is 10.1 Å². The molecule has 0 unspecified atom stereocenters. The Bertz CT molecular complexity index is 212. The highest BCUT2D eigenvalue weighted by molar-refractivity contribution is 5.98. The zero-order valence-electron chi connectivity index (χ0n) is 6.80. The molecule has 1 saturated heterocycles. The summed E-state index contributed by atoms with van der Waals surface area (Å²) >= 11 is 0. The van der Waals surface area contributed by atoms with Gasteiger partial charge in [-0.05, 0) is 12.8 Å². The maximum Gasteiger partial charge on any atom is 0.415 e. The maximum atomic E-state index is 11.0. The summed E-state index contributed by atoms with van der Waals surface area (Å²) in [4.78, 5) is 21.7. The van der Waals surface area contributed by atoms with Gasteiger partial charge in [-0.25, -0.2) is 9.59 Å². The fourth-order valence-electron chi connectivity index (χ4n) is 0.859. The van der Waals surface area contributed by atoms with Crippen LogP contribution in [0, 0.1) is 5.92 Å². The molecule has 0 saturated carbocycles. The molecule has 4 heteroatoms. The topological polar surface area (TPSA) is 55.4 Å². The predicted molar refractivity (Wildman–Crippen MR) is 37.9 cm³/mol. The number of cyclic esters (lactones) is 2. The van der Waals surface area contributed by atoms with Crippen LogP contribution in [-0.2, 0) is 9.53 Å². The Morgan fingerprint density at radius 3 is 2.18 bits per heavy atom. The van der Waals surface area contributed by atoms with Gasteiger partial charge in [0.25, 0.3) is 0 Å². The number of carbonyl (C=O) groups excluding carboxylic acids is 2. The van der Waals surface area contributed by atoms with Crippen LogP contribution >= 0.6 is 0 Å². The number of hydrogen-bond donors (Lipinski definition) is 1. The standard InChI is InChI=1S/C7H11NO3/c1-4(2)7(3)5(9)11-6(10)8-7/h4H,1-3H3,(H,8,10)/t7-/m0/s1. The van der Waals surface area contributed by atoms with E-state index in [4.69, 9.17) is 0 Å². The molecule has 1 rings (SSSR count). The third-order valence-electron chi connectivity index (χ3n) is 2.13. The molecule has 0 bridgehead atoms. The molecule has 4 nitrogen and oxygen atoms in total. The molecule has 0 aromatic rings. The third kappa shape index (κ3) is 1.08. The lowest BCUT2D eigenvalue weighted by atomic mass is 9.89. The second-order valence-electron chi connectivity index (χ2n) is 3.16. The van der Waals surface area contributed by atoms with Crippen molar-refractivity contribution in [2.24, 2.45) is 5.92 Å². The van der Waals surface area contributed by atoms with Crippen LogP contribution in [0.1, 0.15) is 20.8 Å². The van der Waals surface area contributed by atoms with Gasteiger partial charge in [-0.3, -0.25) is 0 Å². The van der Waals surface area contributed by atoms with Crippen molar-refractivity contribution in [2.75, 3.05) is 0 Å². The first-order valence-electron chi connectivity index (χ1n) is 3.51. The molecule has 0 aromatic heterocycles. The quantitative estimate of drug-likeness (QED) is 0.449. The van der Waals surface area contributed by atoms with Gasteiger partial charge < -0.3 is 10.1 Å². The first kappa shape index (κ1) is 8.04. The van der Waals surface area contributed by atoms with Crippen LogP contribution in [0.4, 0.5) is 4.79 Å². The molecule has 1 fully saturated rings. The molecule has 0 radical (unpaired) electrons. The van der Waals surface area contributed by atoms with Crippen molar-refractivity contribution in [1.82, 2.24) is 5.32 Å². The predicted octanol–water partition coefficient (Wildman–Crippen LogP) is 0.667. The number of amides is 1. The zero-order chi connectivity index (χ0) is 8.65. The number of ether oxygens (including phenoxy) is 1. The van der Waals surface area contributed by atoms with E-state index in [1.807, 2.05) is 13.8 Å². The van der Waals surface area contributed by atoms with E-state index >= 15 is 0 Å². The number of esters is 1. The lowest BCUT2D eigenvalue weighted by molar-refractivity contribution is -0.140. The molecule has 62 valence electrons. The second kappa shape index (κ2) is 2.22. The van der Waals surface area contributed by atoms with Crippen LogP contribution in [-0.4, -0.2) is 17.6 Å². The summed E-state index contributed by atoms with van der Waals surface area (Å²) in [6.45, 7) is 5.37. The Morgan fingerprint density at radius 1 is 1.45 bits per heavy atom. The summed E-state index contributed by atoms with van der Waals surface area (Å²) in [6, 6.07) is 0. The van der Waals surface area contributed by atoms with Crippen molar-refractivity contribution >= 4 is 12.1 Å². The van der Waals surface area contributed by atoms with Gasteiger partial charge in [0.1, 0.15) is 5.54 Å². The van der Waals surface area contributed by atoms with Gasteiger partial charge in [0.2, 0.25) is 0 Å². The van der Waals surface area contributed by atoms with Crippen LogP contribution in [0.15, 0.2) is 0 Å². The van der Waals surface area contributed by atoms with E-state index in [0.29, 0.717) is 0 Å². The molecule has 0 aliphatic carbocycles. The zero-order valence-corrected chi connectivity index (χ0v) is 6.80. The molecule has 1 atom stereocenters. The molecule has 0 spiro atoms. The van der Waals surface area contributed by atoms with E-state index in [1.54, 1.807) is 6.92 Å². The smallest absolute Gasteiger partial charge is 0.374 e. The number of alkyl carbamates (subject to hydrolysis) is 1. The summed E-state index contributed by atoms with van der Waals surface area (Å²) in [6.07, 6.45) is -0.647. The maximum absolute atomic E-state index is 11.0. The number of rotatable bonds is 1. The van der Waals surface area contributed by atoms with E-state index in [9.17, 15) is 9.59 Å². The molecule has 0 aromatic carbocycles. The highest BCUT2D eigenvalue weighted by Crippen LogP contribution is 2.22. The van der Waals surface area contributed by atoms with E-state index in [1.165, 1.54) is 0 Å². The molecule has 1 aliphatic rings. The molecular weight excluding hydrogens is 146 g/mol. The van der Waals surface area contributed by atoms with Crippen molar-refractivity contribution in [2.45, 2.75) is 26.3 Å². The molecule has 1 N–H and O–H groups in total. The average molecular weight is 157 g/mol. The second-order valence-corrected chi connectivity index (χ2v) is 3.16. The van der Waals surface area contributed by atoms with Crippen LogP contribution in [0.25, 0.3) is 0 Å². The Kier molecular flexibility index (Phi) is 1.62. The number of hydrogen-bond acceptors (Lipinski definition) is 3. The average Bonchev–Trinajstić information content (AvgIpc) is 2.08. The van der Waals surface area contributed by atoms with Gasteiger partial charge in [0.15, 0.2) is 0 Å². The fraction of sp³-hybridized carbons (Fsp3) is 0.714. The summed E-state index contributed by atoms with van der Waals surface area (Å²) < 4.78 is 4.35. The minimum absolute atomic E-state index is 0.0430. The fourth-order valence-corrected chi connectivity index (χ4v) is 0.859. The van der Waals surface area contributed by atoms with Crippen molar-refractivity contribution in [1.29, 1.82) is 0 Å². The lowest BCUT2D eigenvalue weighted by Gasteiger charge is -2.22. The lowest BCUT2D eigenvalue weighted by Crippen LogP contribution is -2.47. The van der Waals surface area contributed by atoms with Gasteiger partial charge in [0.05, 0.1) is 0 Å². The van der Waals surface area contributed by atoms with Crippen LogP contribution in [0.2, 0.25) is 0 Å². The number of nitrogens with one attached hydrogen (secondary N) is 1. The van der Waals surface area contributed by atoms with Crippen molar-refractivity contribution < 1.29 is 14.3 Å². The minimum atomic E-state index is -0.836. The molecule has 1 amide bonds. The highest BCUT2D eigenvalue weighted by atomic mass is 16.6. The monoisotopic (exact) mass is 157 g/mol. The summed E-state index contributed by atoms with van der Waals surface area (Å²) in [5.41, 5.74) is -0.836. The Morgan fingerprint density at radius 2 is 2.00 bits per heavy atom. The van der Waals surface area contributed by atoms with E-state index in [-0.39, 0.29) is 5.92 Å². The molecule has 1 aliphatic heterocycles. The Balaban J connectivity index is 2.87. The first-order valence-corrected chi connectivity index (χ1v) is 3.51. The minimum Gasteiger partial charge on any atom is -0.374 e. The van der Waals surface area contributed by atoms with Crippen LogP contribution in [0.5, 0.6) is 0 Å². The summed E-state index contributed by atoms with van der Waals surface area (Å²) in [5.74, 6) is -0.445. The Hall–Kier alpha value is -1.06. The molecule has 11 heavy (non-hydrogen) atoms. The highest BCUT2D eigenvalue weighted by Gasteiger charge is 2.46. The van der Waals surface area contributed by atoms with E-state index in [0.717, 1.165) is 0 Å². The van der Waals surface area contributed by atoms with E-state index < -0.39 is 17.6 Å². The van der Waals surface area contributed by atoms with Gasteiger partial charge in [0, 0.05) is 0 Å². The SMILES string of the molecule is CC(C)[C@]1(C)NC(=O)OC1=O. The normalized spacial score (nSPS) is 30.5. The van der Waals surface area contributed by atoms with Gasteiger partial charge in [-0.1, -0.05) is 13.8 Å². The summed E-state index contributed by atoms with van der Waals surface area (Å²) in [5, 5.41) is 2.47. The molecular formula is C7H11NO3. The first-order chi connectivity index (χ1) is 4.97. The van der Waals surface area contributed by atoms with Crippen molar-refractivity contribution in [3.63, 3.8) is 0 Å². The number of carbonyl (C=O) groups is 2. The van der Waals surface area contributed by atoms with Gasteiger partial charge in [-0.2, -0.15) is 0 Å². The Labute approximate surface area is 64.9 Å². The van der Waals surface area contributed by atoms with Crippen LogP contribution in [0.3, 0.4) is 0 Å². The molecule has 1 heterocycles. The van der Waals surface area contributed by atoms with Gasteiger partial charge in [-0.15, -0.1) is 0 Å². The van der Waals surface area contributed by atoms with Crippen LogP contribution < -0.4 is 5.32 Å². The van der Waals surface area contributed by atoms with Crippen molar-refractivity contribution in [3.8, 4) is 0 Å². The summed E-state index contributed by atoms with van der Waals surface area (Å²) in [7, 11) is 0. The van der Waals surface area contributed by atoms with Gasteiger partial charge >= 0.3 is 12.1 Å². The largest absolute Gasteiger partial charge is 0.415 e.